The lowest BCUT2D eigenvalue weighted by atomic mass is 10.0. The molecule has 1 saturated heterocycles. The van der Waals surface area contributed by atoms with Crippen molar-refractivity contribution >= 4 is 40.0 Å². The monoisotopic (exact) mass is 503 g/mol. The van der Waals surface area contributed by atoms with Crippen molar-refractivity contribution in [3.8, 4) is 11.5 Å². The molecule has 1 fully saturated rings. The van der Waals surface area contributed by atoms with Crippen LogP contribution in [0.25, 0.3) is 11.5 Å². The first kappa shape index (κ1) is 23.7. The van der Waals surface area contributed by atoms with Crippen molar-refractivity contribution in [3.63, 3.8) is 0 Å². The number of anilines is 4. The molecule has 1 aliphatic heterocycles. The molecule has 4 aromatic heterocycles. The lowest BCUT2D eigenvalue weighted by Crippen LogP contribution is -2.32. The van der Waals surface area contributed by atoms with Crippen molar-refractivity contribution in [1.82, 2.24) is 35.2 Å². The summed E-state index contributed by atoms with van der Waals surface area (Å²) in [5, 5.41) is 11.7. The van der Waals surface area contributed by atoms with Crippen LogP contribution < -0.4 is 16.0 Å². The molecule has 1 atom stereocenters. The lowest BCUT2D eigenvalue weighted by molar-refractivity contribution is 0.0415. The van der Waals surface area contributed by atoms with E-state index in [9.17, 15) is 4.79 Å². The maximum atomic E-state index is 12.4. The number of hydrogen-bond donors (Lipinski definition) is 3. The summed E-state index contributed by atoms with van der Waals surface area (Å²) in [6.45, 7) is 4.21. The van der Waals surface area contributed by atoms with Crippen LogP contribution in [0.5, 0.6) is 0 Å². The van der Waals surface area contributed by atoms with E-state index in [0.717, 1.165) is 31.6 Å². The number of carbonyl (C=O) groups is 1. The van der Waals surface area contributed by atoms with Crippen LogP contribution in [0.3, 0.4) is 0 Å². The number of piperidine rings is 1. The van der Waals surface area contributed by atoms with Gasteiger partial charge in [-0.15, -0.1) is 11.3 Å². The number of esters is 1. The van der Waals surface area contributed by atoms with Crippen LogP contribution in [-0.4, -0.2) is 55.6 Å². The minimum absolute atomic E-state index is 0.263. The number of ether oxygens (including phenoxy) is 1. The fourth-order valence-corrected chi connectivity index (χ4v) is 4.37. The average molecular weight is 504 g/mol. The van der Waals surface area contributed by atoms with Gasteiger partial charge in [0, 0.05) is 35.9 Å². The van der Waals surface area contributed by atoms with Crippen LogP contribution in [0.1, 0.15) is 29.0 Å². The smallest absolute Gasteiger partial charge is 0.357 e. The maximum absolute atomic E-state index is 12.4. The van der Waals surface area contributed by atoms with Gasteiger partial charge < -0.3 is 15.4 Å². The predicted molar refractivity (Wildman–Crippen MR) is 137 cm³/mol. The van der Waals surface area contributed by atoms with Gasteiger partial charge in [0.1, 0.15) is 17.3 Å². The molecule has 184 valence electrons. The quantitative estimate of drug-likeness (QED) is 0.303. The first-order valence-electron chi connectivity index (χ1n) is 11.6. The molecule has 0 spiro atoms. The van der Waals surface area contributed by atoms with Gasteiger partial charge >= 0.3 is 5.97 Å². The second-order valence-electron chi connectivity index (χ2n) is 8.29. The summed E-state index contributed by atoms with van der Waals surface area (Å²) >= 11 is 1.28. The highest BCUT2D eigenvalue weighted by atomic mass is 32.1. The molecule has 0 saturated carbocycles. The summed E-state index contributed by atoms with van der Waals surface area (Å²) in [5.74, 6) is 1.87. The van der Waals surface area contributed by atoms with Crippen LogP contribution >= 0.6 is 11.3 Å². The third kappa shape index (κ3) is 6.15. The average Bonchev–Trinajstić information content (AvgIpc) is 3.37. The standard InChI is InChI=1S/C24H25N9O2S/c1-15-4-2-6-17(28-15)21-26-10-7-19(31-21)30-20-8-11-27-23(32-20)33-24-29-18(14-36-24)22(34)35-13-16-5-3-9-25-12-16/h2,4,6-8,10-11,14,16,25H,3,5,9,12-13H2,1H3,(H2,26,27,29,30,31,32,33)/t16-/m1/s1. The molecule has 0 radical (unpaired) electrons. The number of nitrogens with one attached hydrogen (secondary N) is 3. The minimum atomic E-state index is -0.427. The number of carbonyl (C=O) groups excluding carboxylic acids is 1. The van der Waals surface area contributed by atoms with Crippen molar-refractivity contribution in [2.75, 3.05) is 30.3 Å². The van der Waals surface area contributed by atoms with E-state index in [-0.39, 0.29) is 5.69 Å². The molecule has 4 aromatic rings. The van der Waals surface area contributed by atoms with E-state index >= 15 is 0 Å². The highest BCUT2D eigenvalue weighted by Gasteiger charge is 2.18. The summed E-state index contributed by atoms with van der Waals surface area (Å²) in [4.78, 5) is 38.7. The predicted octanol–water partition coefficient (Wildman–Crippen LogP) is 3.74. The van der Waals surface area contributed by atoms with Crippen LogP contribution in [0.4, 0.5) is 22.7 Å². The summed E-state index contributed by atoms with van der Waals surface area (Å²) in [7, 11) is 0. The molecule has 1 aliphatic rings. The highest BCUT2D eigenvalue weighted by Crippen LogP contribution is 2.22. The Balaban J connectivity index is 1.21. The number of pyridine rings is 1. The van der Waals surface area contributed by atoms with Crippen LogP contribution in [0.2, 0.25) is 0 Å². The number of aryl methyl sites for hydroxylation is 1. The highest BCUT2D eigenvalue weighted by molar-refractivity contribution is 7.14. The summed E-state index contributed by atoms with van der Waals surface area (Å²) in [6.07, 6.45) is 5.44. The Morgan fingerprint density at radius 2 is 1.94 bits per heavy atom. The Morgan fingerprint density at radius 3 is 2.78 bits per heavy atom. The molecule has 0 aromatic carbocycles. The zero-order chi connectivity index (χ0) is 24.7. The number of rotatable bonds is 8. The first-order valence-corrected chi connectivity index (χ1v) is 12.5. The van der Waals surface area contributed by atoms with Gasteiger partial charge in [0.2, 0.25) is 5.95 Å². The molecule has 11 nitrogen and oxygen atoms in total. The van der Waals surface area contributed by atoms with E-state index < -0.39 is 5.97 Å². The van der Waals surface area contributed by atoms with E-state index in [2.05, 4.69) is 45.9 Å². The largest absolute Gasteiger partial charge is 0.461 e. The van der Waals surface area contributed by atoms with Gasteiger partial charge in [-0.3, -0.25) is 5.32 Å². The molecule has 12 heteroatoms. The zero-order valence-corrected chi connectivity index (χ0v) is 20.5. The van der Waals surface area contributed by atoms with Crippen LogP contribution in [-0.2, 0) is 4.74 Å². The zero-order valence-electron chi connectivity index (χ0n) is 19.6. The third-order valence-corrected chi connectivity index (χ3v) is 6.22. The SMILES string of the molecule is Cc1cccc(-c2nccc(Nc3ccnc(Nc4nc(C(=O)OC[C@@H]5CCCNC5)cs4)n3)n2)n1. The van der Waals surface area contributed by atoms with Gasteiger partial charge in [-0.05, 0) is 50.6 Å². The van der Waals surface area contributed by atoms with E-state index in [1.54, 1.807) is 29.9 Å². The van der Waals surface area contributed by atoms with Crippen LogP contribution in [0, 0.1) is 12.8 Å². The molecule has 0 aliphatic carbocycles. The molecule has 36 heavy (non-hydrogen) atoms. The molecule has 3 N–H and O–H groups in total. The van der Waals surface area contributed by atoms with Crippen molar-refractivity contribution in [3.05, 3.63) is 59.5 Å². The van der Waals surface area contributed by atoms with Gasteiger partial charge in [0.25, 0.3) is 0 Å². The summed E-state index contributed by atoms with van der Waals surface area (Å²) in [5.41, 5.74) is 1.84. The second kappa shape index (κ2) is 11.1. The van der Waals surface area contributed by atoms with Crippen LogP contribution in [0.15, 0.2) is 48.1 Å². The van der Waals surface area contributed by atoms with Gasteiger partial charge in [-0.25, -0.2) is 29.7 Å². The van der Waals surface area contributed by atoms with Crippen molar-refractivity contribution in [2.45, 2.75) is 19.8 Å². The molecule has 0 unspecified atom stereocenters. The molecule has 0 bridgehead atoms. The Bertz CT molecular complexity index is 1340. The summed E-state index contributed by atoms with van der Waals surface area (Å²) in [6, 6.07) is 9.18. The van der Waals surface area contributed by atoms with E-state index in [1.165, 1.54) is 11.3 Å². The van der Waals surface area contributed by atoms with E-state index in [1.807, 2.05) is 25.1 Å². The second-order valence-corrected chi connectivity index (χ2v) is 9.15. The van der Waals surface area contributed by atoms with Gasteiger partial charge in [-0.1, -0.05) is 6.07 Å². The topological polar surface area (TPSA) is 140 Å². The first-order chi connectivity index (χ1) is 17.6. The third-order valence-electron chi connectivity index (χ3n) is 5.47. The lowest BCUT2D eigenvalue weighted by Gasteiger charge is -2.21. The van der Waals surface area contributed by atoms with Gasteiger partial charge in [0.05, 0.1) is 6.61 Å². The minimum Gasteiger partial charge on any atom is -0.461 e. The van der Waals surface area contributed by atoms with Crippen molar-refractivity contribution < 1.29 is 9.53 Å². The molecular formula is C24H25N9O2S. The summed E-state index contributed by atoms with van der Waals surface area (Å²) < 4.78 is 5.44. The Labute approximate surface area is 211 Å². The van der Waals surface area contributed by atoms with Gasteiger partial charge in [0.15, 0.2) is 16.6 Å². The number of thiazole rings is 1. The normalized spacial score (nSPS) is 15.3. The Hall–Kier alpha value is -4.03. The fourth-order valence-electron chi connectivity index (χ4n) is 3.69. The van der Waals surface area contributed by atoms with E-state index in [0.29, 0.717) is 46.8 Å². The number of nitrogens with zero attached hydrogens (tertiary/aromatic N) is 6. The Kier molecular flexibility index (Phi) is 7.33. The molecular weight excluding hydrogens is 478 g/mol. The van der Waals surface area contributed by atoms with Gasteiger partial charge in [-0.2, -0.15) is 4.98 Å². The van der Waals surface area contributed by atoms with E-state index in [4.69, 9.17) is 4.74 Å². The Morgan fingerprint density at radius 1 is 1.08 bits per heavy atom. The molecule has 5 heterocycles. The van der Waals surface area contributed by atoms with Crippen molar-refractivity contribution in [1.29, 1.82) is 0 Å². The fraction of sp³-hybridized carbons (Fsp3) is 0.292. The molecule has 0 amide bonds. The maximum Gasteiger partial charge on any atom is 0.357 e. The number of aromatic nitrogens is 6. The number of hydrogen-bond acceptors (Lipinski definition) is 12. The van der Waals surface area contributed by atoms with Crippen molar-refractivity contribution in [2.24, 2.45) is 5.92 Å². The molecule has 5 rings (SSSR count).